The first kappa shape index (κ1) is 27.2. The van der Waals surface area contributed by atoms with E-state index in [9.17, 15) is 14.4 Å². The van der Waals surface area contributed by atoms with Crippen LogP contribution >= 0.6 is 0 Å². The first-order valence-corrected chi connectivity index (χ1v) is 12.5. The first-order chi connectivity index (χ1) is 18.9. The van der Waals surface area contributed by atoms with Crippen molar-refractivity contribution >= 4 is 28.6 Å². The molecule has 8 heteroatoms. The van der Waals surface area contributed by atoms with Crippen molar-refractivity contribution in [2.75, 3.05) is 25.5 Å². The average molecular weight is 526 g/mol. The van der Waals surface area contributed by atoms with Gasteiger partial charge in [-0.2, -0.15) is 0 Å². The van der Waals surface area contributed by atoms with Crippen LogP contribution in [-0.2, 0) is 17.9 Å². The topological polar surface area (TPSA) is 92.1 Å². The molecule has 1 N–H and O–H groups in total. The van der Waals surface area contributed by atoms with Crippen LogP contribution in [0.15, 0.2) is 101 Å². The lowest BCUT2D eigenvalue weighted by molar-refractivity contribution is -0.133. The summed E-state index contributed by atoms with van der Waals surface area (Å²) in [5.41, 5.74) is 3.05. The highest BCUT2D eigenvalue weighted by Gasteiger charge is 2.23. The van der Waals surface area contributed by atoms with E-state index in [0.29, 0.717) is 28.0 Å². The van der Waals surface area contributed by atoms with Crippen molar-refractivity contribution in [1.29, 1.82) is 0 Å². The summed E-state index contributed by atoms with van der Waals surface area (Å²) in [6.07, 6.45) is 2.96. The van der Waals surface area contributed by atoms with Crippen LogP contribution in [0.2, 0.25) is 0 Å². The number of aryl methyl sites for hydroxylation is 1. The summed E-state index contributed by atoms with van der Waals surface area (Å²) in [5.74, 6) is 0.338. The zero-order valence-corrected chi connectivity index (χ0v) is 22.1. The number of hydrogen-bond acceptors (Lipinski definition) is 5. The molecule has 3 amide bonds. The molecule has 0 spiro atoms. The number of anilines is 1. The predicted octanol–water partition coefficient (Wildman–Crippen LogP) is 5.36. The van der Waals surface area contributed by atoms with E-state index >= 15 is 0 Å². The quantitative estimate of drug-likeness (QED) is 0.282. The number of carbonyl (C=O) groups is 2. The molecule has 8 nitrogen and oxygen atoms in total. The highest BCUT2D eigenvalue weighted by molar-refractivity contribution is 5.92. The van der Waals surface area contributed by atoms with Crippen LogP contribution in [0.3, 0.4) is 0 Å². The van der Waals surface area contributed by atoms with Crippen molar-refractivity contribution in [1.82, 2.24) is 9.80 Å². The maximum atomic E-state index is 13.6. The Labute approximate surface area is 227 Å². The zero-order valence-electron chi connectivity index (χ0n) is 22.1. The van der Waals surface area contributed by atoms with Gasteiger partial charge >= 0.3 is 6.03 Å². The number of amides is 3. The van der Waals surface area contributed by atoms with E-state index in [1.807, 2.05) is 43.3 Å². The second-order valence-electron chi connectivity index (χ2n) is 9.15. The Bertz CT molecular complexity index is 1510. The van der Waals surface area contributed by atoms with Gasteiger partial charge in [-0.05, 0) is 48.9 Å². The van der Waals surface area contributed by atoms with Crippen molar-refractivity contribution < 1.29 is 18.7 Å². The van der Waals surface area contributed by atoms with Gasteiger partial charge in [0.15, 0.2) is 5.43 Å². The number of benzene rings is 3. The molecule has 0 radical (unpaired) electrons. The molecule has 0 unspecified atom stereocenters. The molecular weight excluding hydrogens is 494 g/mol. The number of urea groups is 1. The van der Waals surface area contributed by atoms with Gasteiger partial charge in [-0.1, -0.05) is 48.0 Å². The lowest BCUT2D eigenvalue weighted by Crippen LogP contribution is -2.44. The maximum Gasteiger partial charge on any atom is 0.322 e. The molecule has 0 aliphatic heterocycles. The van der Waals surface area contributed by atoms with Crippen LogP contribution in [0.1, 0.15) is 16.7 Å². The number of hydrogen-bond donors (Lipinski definition) is 1. The van der Waals surface area contributed by atoms with Crippen molar-refractivity contribution in [2.45, 2.75) is 20.0 Å². The van der Waals surface area contributed by atoms with Crippen LogP contribution in [0, 0.1) is 6.92 Å². The largest absolute Gasteiger partial charge is 0.497 e. The molecular formula is C31H31N3O5. The number of ether oxygens (including phenoxy) is 1. The SMILES string of the molecule is C=CCN(CC(=O)N(Cc1ccccc1)Cc1coc2ccc(C)cc2c1=O)C(=O)Nc1ccc(OC)cc1. The second-order valence-corrected chi connectivity index (χ2v) is 9.15. The third-order valence-corrected chi connectivity index (χ3v) is 6.23. The first-order valence-electron chi connectivity index (χ1n) is 12.5. The monoisotopic (exact) mass is 525 g/mol. The van der Waals surface area contributed by atoms with E-state index in [-0.39, 0.29) is 37.5 Å². The van der Waals surface area contributed by atoms with Gasteiger partial charge in [-0.3, -0.25) is 9.59 Å². The minimum absolute atomic E-state index is 0.0297. The van der Waals surface area contributed by atoms with Crippen LogP contribution in [-0.4, -0.2) is 41.9 Å². The molecule has 1 heterocycles. The van der Waals surface area contributed by atoms with E-state index in [2.05, 4.69) is 11.9 Å². The molecule has 4 aromatic rings. The Morgan fingerprint density at radius 3 is 2.44 bits per heavy atom. The minimum Gasteiger partial charge on any atom is -0.497 e. The fourth-order valence-electron chi connectivity index (χ4n) is 4.15. The fraction of sp³-hybridized carbons (Fsp3) is 0.194. The summed E-state index contributed by atoms with van der Waals surface area (Å²) < 4.78 is 10.9. The summed E-state index contributed by atoms with van der Waals surface area (Å²) >= 11 is 0. The number of methoxy groups -OCH3 is 1. The number of rotatable bonds is 10. The van der Waals surface area contributed by atoms with Gasteiger partial charge in [0.2, 0.25) is 5.91 Å². The predicted molar refractivity (Wildman–Crippen MR) is 152 cm³/mol. The lowest BCUT2D eigenvalue weighted by atomic mass is 10.1. The van der Waals surface area contributed by atoms with E-state index < -0.39 is 6.03 Å². The molecule has 0 aliphatic rings. The molecule has 0 saturated carbocycles. The van der Waals surface area contributed by atoms with E-state index in [1.54, 1.807) is 54.5 Å². The Hall–Kier alpha value is -4.85. The third kappa shape index (κ3) is 6.93. The van der Waals surface area contributed by atoms with Gasteiger partial charge in [0, 0.05) is 18.8 Å². The standard InChI is InChI=1S/C31H31N3O5/c1-4-16-33(31(37)32-25-11-13-26(38-3)14-12-25)20-29(35)34(18-23-8-6-5-7-9-23)19-24-21-39-28-15-10-22(2)17-27(28)30(24)36/h4-15,17,21H,1,16,18-20H2,2-3H3,(H,32,37). The Kier molecular flexibility index (Phi) is 8.78. The number of nitrogens with zero attached hydrogens (tertiary/aromatic N) is 2. The minimum atomic E-state index is -0.450. The van der Waals surface area contributed by atoms with E-state index in [0.717, 1.165) is 11.1 Å². The smallest absolute Gasteiger partial charge is 0.322 e. The molecule has 39 heavy (non-hydrogen) atoms. The molecule has 200 valence electrons. The van der Waals surface area contributed by atoms with Gasteiger partial charge in [-0.25, -0.2) is 4.79 Å². The molecule has 3 aromatic carbocycles. The molecule has 0 fully saturated rings. The molecule has 0 saturated heterocycles. The van der Waals surface area contributed by atoms with E-state index in [1.165, 1.54) is 11.2 Å². The summed E-state index contributed by atoms with van der Waals surface area (Å²) in [4.78, 5) is 42.9. The van der Waals surface area contributed by atoms with Crippen molar-refractivity contribution in [3.63, 3.8) is 0 Å². The molecule has 0 aliphatic carbocycles. The van der Waals surface area contributed by atoms with Gasteiger partial charge in [-0.15, -0.1) is 6.58 Å². The van der Waals surface area contributed by atoms with Crippen molar-refractivity contribution in [3.8, 4) is 5.75 Å². The Morgan fingerprint density at radius 2 is 1.74 bits per heavy atom. The number of carbonyl (C=O) groups excluding carboxylic acids is 2. The number of nitrogens with one attached hydrogen (secondary N) is 1. The summed E-state index contributed by atoms with van der Waals surface area (Å²) in [6.45, 7) is 5.87. The van der Waals surface area contributed by atoms with Crippen LogP contribution in [0.25, 0.3) is 11.0 Å². The van der Waals surface area contributed by atoms with Crippen LogP contribution in [0.5, 0.6) is 5.75 Å². The highest BCUT2D eigenvalue weighted by atomic mass is 16.5. The maximum absolute atomic E-state index is 13.6. The van der Waals surface area contributed by atoms with Crippen LogP contribution in [0.4, 0.5) is 10.5 Å². The molecule has 0 bridgehead atoms. The molecule has 0 atom stereocenters. The normalized spacial score (nSPS) is 10.6. The van der Waals surface area contributed by atoms with Crippen LogP contribution < -0.4 is 15.5 Å². The third-order valence-electron chi connectivity index (χ3n) is 6.23. The molecule has 1 aromatic heterocycles. The Morgan fingerprint density at radius 1 is 1.00 bits per heavy atom. The van der Waals surface area contributed by atoms with Gasteiger partial charge in [0.25, 0.3) is 0 Å². The van der Waals surface area contributed by atoms with Gasteiger partial charge in [0.05, 0.1) is 30.9 Å². The van der Waals surface area contributed by atoms with Gasteiger partial charge < -0.3 is 24.3 Å². The van der Waals surface area contributed by atoms with Gasteiger partial charge in [0.1, 0.15) is 17.9 Å². The Balaban J connectivity index is 1.57. The summed E-state index contributed by atoms with van der Waals surface area (Å²) in [5, 5.41) is 3.27. The van der Waals surface area contributed by atoms with Crippen molar-refractivity contribution in [2.24, 2.45) is 0 Å². The van der Waals surface area contributed by atoms with E-state index in [4.69, 9.17) is 9.15 Å². The highest BCUT2D eigenvalue weighted by Crippen LogP contribution is 2.17. The van der Waals surface area contributed by atoms with Crippen molar-refractivity contribution in [3.05, 3.63) is 119 Å². The fourth-order valence-corrected chi connectivity index (χ4v) is 4.15. The zero-order chi connectivity index (χ0) is 27.8. The summed E-state index contributed by atoms with van der Waals surface area (Å²) in [6, 6.07) is 21.3. The average Bonchev–Trinajstić information content (AvgIpc) is 2.95. The molecule has 4 rings (SSSR count). The summed E-state index contributed by atoms with van der Waals surface area (Å²) in [7, 11) is 1.56. The number of fused-ring (bicyclic) bond motifs is 1. The lowest BCUT2D eigenvalue weighted by Gasteiger charge is -2.27. The second kappa shape index (κ2) is 12.6.